The normalized spacial score (nSPS) is 14.9. The summed E-state index contributed by atoms with van der Waals surface area (Å²) in [4.78, 5) is 50.8. The number of para-hydroxylation sites is 4. The molecule has 2 heterocycles. The van der Waals surface area contributed by atoms with Crippen molar-refractivity contribution in [3.05, 3.63) is 96.6 Å². The molecule has 8 heteroatoms. The molecule has 0 fully saturated rings. The third-order valence-corrected chi connectivity index (χ3v) is 5.31. The van der Waals surface area contributed by atoms with Crippen molar-refractivity contribution in [3.8, 4) is 23.0 Å². The van der Waals surface area contributed by atoms with Crippen molar-refractivity contribution in [2.75, 3.05) is 9.80 Å². The number of benzene rings is 3. The Balaban J connectivity index is 1.45. The zero-order chi connectivity index (χ0) is 24.5. The second kappa shape index (κ2) is 8.75. The minimum Gasteiger partial charge on any atom is -0.455 e. The number of carbonyl (C=O) groups is 4. The van der Waals surface area contributed by atoms with Crippen molar-refractivity contribution in [2.24, 2.45) is 0 Å². The van der Waals surface area contributed by atoms with E-state index in [0.29, 0.717) is 34.4 Å². The quantitative estimate of drug-likeness (QED) is 0.499. The van der Waals surface area contributed by atoms with E-state index in [1.807, 2.05) is 6.92 Å². The molecule has 0 N–H and O–H groups in total. The van der Waals surface area contributed by atoms with Gasteiger partial charge >= 0.3 is 0 Å². The van der Waals surface area contributed by atoms with Gasteiger partial charge in [-0.25, -0.2) is 9.80 Å². The Labute approximate surface area is 200 Å². The van der Waals surface area contributed by atoms with Crippen LogP contribution >= 0.6 is 0 Å². The van der Waals surface area contributed by atoms with Crippen LogP contribution in [0.5, 0.6) is 23.0 Å². The Morgan fingerprint density at radius 2 is 0.914 bits per heavy atom. The molecule has 3 aromatic carbocycles. The average molecular weight is 466 g/mol. The maximum absolute atomic E-state index is 12.2. The average Bonchev–Trinajstić information content (AvgIpc) is 3.34. The first-order valence-electron chi connectivity index (χ1n) is 10.7. The van der Waals surface area contributed by atoms with Crippen molar-refractivity contribution < 1.29 is 28.7 Å². The van der Waals surface area contributed by atoms with E-state index in [4.69, 9.17) is 9.47 Å². The Morgan fingerprint density at radius 1 is 0.543 bits per heavy atom. The number of carbonyl (C=O) groups excluding carboxylic acids is 4. The number of nitrogens with zero attached hydrogens (tertiary/aromatic N) is 2. The third kappa shape index (κ3) is 4.20. The largest absolute Gasteiger partial charge is 0.455 e. The molecule has 3 aromatic rings. The number of hydrogen-bond donors (Lipinski definition) is 0. The molecule has 35 heavy (non-hydrogen) atoms. The van der Waals surface area contributed by atoms with Crippen LogP contribution in [-0.2, 0) is 19.2 Å². The van der Waals surface area contributed by atoms with Crippen LogP contribution in [0.3, 0.4) is 0 Å². The first-order valence-corrected chi connectivity index (χ1v) is 10.7. The van der Waals surface area contributed by atoms with Gasteiger partial charge in [-0.1, -0.05) is 24.3 Å². The van der Waals surface area contributed by atoms with Crippen molar-refractivity contribution in [1.29, 1.82) is 0 Å². The molecular weight excluding hydrogens is 448 g/mol. The Kier molecular flexibility index (Phi) is 5.46. The number of ether oxygens (including phenoxy) is 2. The fourth-order valence-corrected chi connectivity index (χ4v) is 3.82. The lowest BCUT2D eigenvalue weighted by molar-refractivity contribution is -0.121. The van der Waals surface area contributed by atoms with Gasteiger partial charge in [0.05, 0.1) is 11.4 Å². The maximum atomic E-state index is 12.2. The molecule has 2 aliphatic heterocycles. The van der Waals surface area contributed by atoms with Gasteiger partial charge in [0.25, 0.3) is 23.6 Å². The van der Waals surface area contributed by atoms with Crippen LogP contribution in [0.25, 0.3) is 0 Å². The van der Waals surface area contributed by atoms with Crippen LogP contribution in [0.1, 0.15) is 5.56 Å². The minimum absolute atomic E-state index is 0.314. The second-order valence-electron chi connectivity index (χ2n) is 7.81. The zero-order valence-corrected chi connectivity index (χ0v) is 18.5. The first kappa shape index (κ1) is 21.8. The number of aryl methyl sites for hydroxylation is 1. The van der Waals surface area contributed by atoms with Crippen LogP contribution in [0.2, 0.25) is 0 Å². The lowest BCUT2D eigenvalue weighted by Crippen LogP contribution is -2.29. The van der Waals surface area contributed by atoms with E-state index in [2.05, 4.69) is 0 Å². The SMILES string of the molecule is Cc1cc(Oc2ccccc2N2C(=O)C=CC2=O)cc(Oc2ccccc2N2C(=O)C=CC2=O)c1. The lowest BCUT2D eigenvalue weighted by atomic mass is 10.2. The number of rotatable bonds is 6. The summed E-state index contributed by atoms with van der Waals surface area (Å²) >= 11 is 0. The van der Waals surface area contributed by atoms with Gasteiger partial charge in [-0.15, -0.1) is 0 Å². The third-order valence-electron chi connectivity index (χ3n) is 5.31. The van der Waals surface area contributed by atoms with Gasteiger partial charge in [-0.2, -0.15) is 0 Å². The summed E-state index contributed by atoms with van der Waals surface area (Å²) in [6.07, 6.45) is 4.84. The number of imide groups is 2. The molecule has 172 valence electrons. The molecular formula is C27H18N2O6. The van der Waals surface area contributed by atoms with Crippen molar-refractivity contribution in [1.82, 2.24) is 0 Å². The van der Waals surface area contributed by atoms with E-state index in [1.165, 1.54) is 24.3 Å². The van der Waals surface area contributed by atoms with Crippen LogP contribution in [-0.4, -0.2) is 23.6 Å². The monoisotopic (exact) mass is 466 g/mol. The van der Waals surface area contributed by atoms with Crippen molar-refractivity contribution in [3.63, 3.8) is 0 Å². The summed E-state index contributed by atoms with van der Waals surface area (Å²) in [5.74, 6) is -0.344. The van der Waals surface area contributed by atoms with Crippen LogP contribution in [0.15, 0.2) is 91.0 Å². The summed E-state index contributed by atoms with van der Waals surface area (Å²) in [6, 6.07) is 18.6. The highest BCUT2D eigenvalue weighted by molar-refractivity contribution is 6.29. The number of amides is 4. The predicted octanol–water partition coefficient (Wildman–Crippen LogP) is 4.44. The Morgan fingerprint density at radius 3 is 1.31 bits per heavy atom. The molecule has 0 unspecified atom stereocenters. The standard InChI is InChI=1S/C27H18N2O6/c1-17-14-18(34-22-8-4-2-6-20(22)28-24(30)10-11-25(28)31)16-19(15-17)35-23-9-5-3-7-21(23)29-26(32)12-13-27(29)33/h2-16H,1H3. The molecule has 0 atom stereocenters. The van der Waals surface area contributed by atoms with Gasteiger partial charge in [0.1, 0.15) is 11.5 Å². The molecule has 4 amide bonds. The molecule has 0 spiro atoms. The van der Waals surface area contributed by atoms with Gasteiger partial charge in [0.15, 0.2) is 11.5 Å². The predicted molar refractivity (Wildman–Crippen MR) is 127 cm³/mol. The fourth-order valence-electron chi connectivity index (χ4n) is 3.82. The topological polar surface area (TPSA) is 93.2 Å². The lowest BCUT2D eigenvalue weighted by Gasteiger charge is -2.20. The highest BCUT2D eigenvalue weighted by atomic mass is 16.5. The van der Waals surface area contributed by atoms with E-state index in [-0.39, 0.29) is 0 Å². The Bertz CT molecular complexity index is 1310. The van der Waals surface area contributed by atoms with Gasteiger partial charge in [-0.3, -0.25) is 19.2 Å². The van der Waals surface area contributed by atoms with Crippen molar-refractivity contribution in [2.45, 2.75) is 6.92 Å². The Hall–Kier alpha value is -4.98. The van der Waals surface area contributed by atoms with E-state index >= 15 is 0 Å². The first-order chi connectivity index (χ1) is 16.9. The van der Waals surface area contributed by atoms with E-state index in [9.17, 15) is 19.2 Å². The highest BCUT2D eigenvalue weighted by Crippen LogP contribution is 2.38. The summed E-state index contributed by atoms with van der Waals surface area (Å²) in [5.41, 5.74) is 1.46. The molecule has 5 rings (SSSR count). The molecule has 0 radical (unpaired) electrons. The highest BCUT2D eigenvalue weighted by Gasteiger charge is 2.29. The minimum atomic E-state index is -0.448. The number of anilines is 2. The van der Waals surface area contributed by atoms with E-state index in [0.717, 1.165) is 15.4 Å². The second-order valence-corrected chi connectivity index (χ2v) is 7.81. The fraction of sp³-hybridized carbons (Fsp3) is 0.0370. The van der Waals surface area contributed by atoms with Gasteiger partial charge in [0.2, 0.25) is 0 Å². The molecule has 2 aliphatic rings. The van der Waals surface area contributed by atoms with Gasteiger partial charge in [0, 0.05) is 30.4 Å². The maximum Gasteiger partial charge on any atom is 0.258 e. The molecule has 0 aliphatic carbocycles. The summed E-state index contributed by atoms with van der Waals surface area (Å²) in [7, 11) is 0. The van der Waals surface area contributed by atoms with E-state index in [1.54, 1.807) is 66.7 Å². The smallest absolute Gasteiger partial charge is 0.258 e. The molecule has 0 saturated carbocycles. The molecule has 8 nitrogen and oxygen atoms in total. The van der Waals surface area contributed by atoms with Crippen LogP contribution in [0, 0.1) is 6.92 Å². The summed E-state index contributed by atoms with van der Waals surface area (Å²) in [5, 5.41) is 0. The van der Waals surface area contributed by atoms with Gasteiger partial charge in [-0.05, 0) is 48.9 Å². The van der Waals surface area contributed by atoms with Crippen LogP contribution in [0.4, 0.5) is 11.4 Å². The summed E-state index contributed by atoms with van der Waals surface area (Å²) in [6.45, 7) is 1.85. The molecule has 0 saturated heterocycles. The molecule has 0 aromatic heterocycles. The zero-order valence-electron chi connectivity index (χ0n) is 18.5. The summed E-state index contributed by atoms with van der Waals surface area (Å²) < 4.78 is 12.1. The van der Waals surface area contributed by atoms with E-state index < -0.39 is 23.6 Å². The number of hydrogen-bond acceptors (Lipinski definition) is 6. The van der Waals surface area contributed by atoms with Gasteiger partial charge < -0.3 is 9.47 Å². The van der Waals surface area contributed by atoms with Crippen molar-refractivity contribution >= 4 is 35.0 Å². The van der Waals surface area contributed by atoms with Crippen LogP contribution < -0.4 is 19.3 Å². The molecule has 0 bridgehead atoms.